The summed E-state index contributed by atoms with van der Waals surface area (Å²) >= 11 is 0. The SMILES string of the molecule is COC(=O)/C(=C/c1ccccc1)CC/C(=C\c1ccccc1)C(=O)OC. The third kappa shape index (κ3) is 5.74. The highest BCUT2D eigenvalue weighted by molar-refractivity contribution is 5.96. The molecule has 2 aromatic rings. The molecular formula is C22H22O4. The fourth-order valence-electron chi connectivity index (χ4n) is 2.50. The van der Waals surface area contributed by atoms with E-state index in [0.717, 1.165) is 11.1 Å². The first kappa shape index (κ1) is 19.2. The number of carbonyl (C=O) groups excluding carboxylic acids is 2. The number of carbonyl (C=O) groups is 2. The number of esters is 2. The lowest BCUT2D eigenvalue weighted by Gasteiger charge is -2.09. The summed E-state index contributed by atoms with van der Waals surface area (Å²) in [6, 6.07) is 19.0. The molecule has 0 unspecified atom stereocenters. The van der Waals surface area contributed by atoms with Crippen molar-refractivity contribution in [3.8, 4) is 0 Å². The van der Waals surface area contributed by atoms with Crippen molar-refractivity contribution >= 4 is 24.1 Å². The lowest BCUT2D eigenvalue weighted by Crippen LogP contribution is -2.09. The Labute approximate surface area is 153 Å². The number of hydrogen-bond acceptors (Lipinski definition) is 4. The second-order valence-electron chi connectivity index (χ2n) is 5.64. The van der Waals surface area contributed by atoms with Gasteiger partial charge in [0.2, 0.25) is 0 Å². The van der Waals surface area contributed by atoms with Gasteiger partial charge < -0.3 is 9.47 Å². The molecule has 0 heterocycles. The third-order valence-electron chi connectivity index (χ3n) is 3.84. The molecular weight excluding hydrogens is 328 g/mol. The fourth-order valence-corrected chi connectivity index (χ4v) is 2.50. The van der Waals surface area contributed by atoms with Crippen LogP contribution >= 0.6 is 0 Å². The first-order valence-corrected chi connectivity index (χ1v) is 8.32. The molecule has 0 saturated carbocycles. The van der Waals surface area contributed by atoms with Crippen LogP contribution in [0.2, 0.25) is 0 Å². The summed E-state index contributed by atoms with van der Waals surface area (Å²) in [5.74, 6) is -0.810. The van der Waals surface area contributed by atoms with E-state index in [1.807, 2.05) is 60.7 Å². The lowest BCUT2D eigenvalue weighted by atomic mass is 10.0. The Morgan fingerprint density at radius 2 is 1.04 bits per heavy atom. The van der Waals surface area contributed by atoms with E-state index >= 15 is 0 Å². The summed E-state index contributed by atoms with van der Waals surface area (Å²) in [5.41, 5.74) is 2.81. The molecule has 2 aromatic carbocycles. The van der Waals surface area contributed by atoms with Gasteiger partial charge in [0.1, 0.15) is 0 Å². The topological polar surface area (TPSA) is 52.6 Å². The highest BCUT2D eigenvalue weighted by atomic mass is 16.5. The van der Waals surface area contributed by atoms with Crippen LogP contribution in [0.25, 0.3) is 12.2 Å². The van der Waals surface area contributed by atoms with Crippen molar-refractivity contribution in [2.24, 2.45) is 0 Å². The van der Waals surface area contributed by atoms with Crippen molar-refractivity contribution in [1.82, 2.24) is 0 Å². The predicted molar refractivity (Wildman–Crippen MR) is 102 cm³/mol. The minimum Gasteiger partial charge on any atom is -0.466 e. The molecule has 0 amide bonds. The molecule has 0 N–H and O–H groups in total. The van der Waals surface area contributed by atoms with Gasteiger partial charge in [-0.1, -0.05) is 60.7 Å². The highest BCUT2D eigenvalue weighted by Gasteiger charge is 2.15. The molecule has 26 heavy (non-hydrogen) atoms. The summed E-state index contributed by atoms with van der Waals surface area (Å²) in [7, 11) is 2.70. The van der Waals surface area contributed by atoms with E-state index in [9.17, 15) is 9.59 Å². The van der Waals surface area contributed by atoms with Crippen molar-refractivity contribution in [2.45, 2.75) is 12.8 Å². The molecule has 0 aromatic heterocycles. The molecule has 0 aliphatic carbocycles. The third-order valence-corrected chi connectivity index (χ3v) is 3.84. The van der Waals surface area contributed by atoms with Crippen molar-refractivity contribution in [3.63, 3.8) is 0 Å². The summed E-state index contributed by atoms with van der Waals surface area (Å²) in [6.45, 7) is 0. The van der Waals surface area contributed by atoms with Crippen molar-refractivity contribution in [3.05, 3.63) is 82.9 Å². The smallest absolute Gasteiger partial charge is 0.333 e. The van der Waals surface area contributed by atoms with Gasteiger partial charge in [-0.15, -0.1) is 0 Å². The summed E-state index contributed by atoms with van der Waals surface area (Å²) in [5, 5.41) is 0. The van der Waals surface area contributed by atoms with Crippen molar-refractivity contribution < 1.29 is 19.1 Å². The zero-order valence-electron chi connectivity index (χ0n) is 15.0. The van der Waals surface area contributed by atoms with Crippen molar-refractivity contribution in [2.75, 3.05) is 14.2 Å². The maximum absolute atomic E-state index is 12.1. The van der Waals surface area contributed by atoms with E-state index in [1.165, 1.54) is 14.2 Å². The molecule has 0 fully saturated rings. The number of rotatable bonds is 7. The van der Waals surface area contributed by atoms with Crippen molar-refractivity contribution in [1.29, 1.82) is 0 Å². The molecule has 4 nitrogen and oxygen atoms in total. The van der Waals surface area contributed by atoms with Gasteiger partial charge in [-0.25, -0.2) is 9.59 Å². The predicted octanol–water partition coefficient (Wildman–Crippen LogP) is 4.28. The van der Waals surface area contributed by atoms with Gasteiger partial charge in [-0.2, -0.15) is 0 Å². The lowest BCUT2D eigenvalue weighted by molar-refractivity contribution is -0.137. The molecule has 134 valence electrons. The molecule has 0 spiro atoms. The zero-order chi connectivity index (χ0) is 18.8. The van der Waals surface area contributed by atoms with E-state index in [-0.39, 0.29) is 0 Å². The van der Waals surface area contributed by atoms with Crippen LogP contribution in [0.5, 0.6) is 0 Å². The van der Waals surface area contributed by atoms with E-state index in [2.05, 4.69) is 0 Å². The summed E-state index contributed by atoms with van der Waals surface area (Å²) in [4.78, 5) is 24.2. The Kier molecular flexibility index (Phi) is 7.37. The molecule has 0 atom stereocenters. The Bertz CT molecular complexity index is 720. The Balaban J connectivity index is 2.23. The van der Waals surface area contributed by atoms with E-state index < -0.39 is 11.9 Å². The monoisotopic (exact) mass is 350 g/mol. The Morgan fingerprint density at radius 3 is 1.35 bits per heavy atom. The minimum absolute atomic E-state index is 0.370. The van der Waals surface area contributed by atoms with Crippen LogP contribution in [-0.4, -0.2) is 26.2 Å². The van der Waals surface area contributed by atoms with Crippen LogP contribution in [0.3, 0.4) is 0 Å². The van der Waals surface area contributed by atoms with Gasteiger partial charge >= 0.3 is 11.9 Å². The summed E-state index contributed by atoms with van der Waals surface area (Å²) < 4.78 is 9.76. The minimum atomic E-state index is -0.405. The van der Waals surface area contributed by atoms with Gasteiger partial charge in [0.05, 0.1) is 14.2 Å². The second-order valence-corrected chi connectivity index (χ2v) is 5.64. The van der Waals surface area contributed by atoms with Crippen LogP contribution in [0.1, 0.15) is 24.0 Å². The average molecular weight is 350 g/mol. The quantitative estimate of drug-likeness (QED) is 0.552. The zero-order valence-corrected chi connectivity index (χ0v) is 15.0. The standard InChI is InChI=1S/C22H22O4/c1-25-21(23)19(15-17-9-5-3-6-10-17)13-14-20(22(24)26-2)16-18-11-7-4-8-12-18/h3-12,15-16H,13-14H2,1-2H3/b19-15+,20-16+. The first-order valence-electron chi connectivity index (χ1n) is 8.32. The summed E-state index contributed by atoms with van der Waals surface area (Å²) in [6.07, 6.45) is 4.30. The van der Waals surface area contributed by atoms with Crippen LogP contribution in [0, 0.1) is 0 Å². The van der Waals surface area contributed by atoms with Crippen LogP contribution < -0.4 is 0 Å². The number of ether oxygens (including phenoxy) is 2. The molecule has 2 rings (SSSR count). The Hall–Kier alpha value is -3.14. The second kappa shape index (κ2) is 9.99. The van der Waals surface area contributed by atoms with Gasteiger partial charge in [0.25, 0.3) is 0 Å². The van der Waals surface area contributed by atoms with Gasteiger partial charge in [-0.3, -0.25) is 0 Å². The van der Waals surface area contributed by atoms with Crippen LogP contribution in [0.4, 0.5) is 0 Å². The van der Waals surface area contributed by atoms with Crippen LogP contribution in [0.15, 0.2) is 71.8 Å². The largest absolute Gasteiger partial charge is 0.466 e. The maximum atomic E-state index is 12.1. The molecule has 0 bridgehead atoms. The van der Waals surface area contributed by atoms with Gasteiger partial charge in [-0.05, 0) is 36.1 Å². The number of hydrogen-bond donors (Lipinski definition) is 0. The molecule has 0 aliphatic rings. The fraction of sp³-hybridized carbons (Fsp3) is 0.182. The molecule has 0 aliphatic heterocycles. The first-order chi connectivity index (χ1) is 12.6. The number of benzene rings is 2. The van der Waals surface area contributed by atoms with E-state index in [1.54, 1.807) is 12.2 Å². The number of methoxy groups -OCH3 is 2. The Morgan fingerprint density at radius 1 is 0.692 bits per heavy atom. The molecule has 0 saturated heterocycles. The molecule has 0 radical (unpaired) electrons. The van der Waals surface area contributed by atoms with Gasteiger partial charge in [0.15, 0.2) is 0 Å². The van der Waals surface area contributed by atoms with E-state index in [0.29, 0.717) is 24.0 Å². The highest BCUT2D eigenvalue weighted by Crippen LogP contribution is 2.19. The van der Waals surface area contributed by atoms with Crippen LogP contribution in [-0.2, 0) is 19.1 Å². The van der Waals surface area contributed by atoms with E-state index in [4.69, 9.17) is 9.47 Å². The molecule has 4 heteroatoms. The average Bonchev–Trinajstić information content (AvgIpc) is 2.70. The maximum Gasteiger partial charge on any atom is 0.333 e. The normalized spacial score (nSPS) is 11.8. The van der Waals surface area contributed by atoms with Gasteiger partial charge in [0, 0.05) is 11.1 Å².